The summed E-state index contributed by atoms with van der Waals surface area (Å²) in [6.45, 7) is 7.75. The van der Waals surface area contributed by atoms with Crippen molar-refractivity contribution in [3.05, 3.63) is 29.8 Å². The summed E-state index contributed by atoms with van der Waals surface area (Å²) in [5.41, 5.74) is 6.15. The summed E-state index contributed by atoms with van der Waals surface area (Å²) in [5.74, 6) is 0.772. The molecule has 1 N–H and O–H groups in total. The van der Waals surface area contributed by atoms with Crippen molar-refractivity contribution in [2.45, 2.75) is 59.3 Å². The molecule has 2 bridgehead atoms. The second-order valence-electron chi connectivity index (χ2n) is 9.08. The van der Waals surface area contributed by atoms with Crippen LogP contribution in [0.15, 0.2) is 29.4 Å². The maximum absolute atomic E-state index is 12.4. The molecule has 0 spiro atoms. The Hall–Kier alpha value is -2.17. The molecule has 144 valence electrons. The molecule has 5 heteroatoms. The highest BCUT2D eigenvalue weighted by Crippen LogP contribution is 2.63. The van der Waals surface area contributed by atoms with Crippen LogP contribution in [0.5, 0.6) is 0 Å². The Kier molecular flexibility index (Phi) is 4.36. The topological polar surface area (TPSA) is 61.8 Å². The van der Waals surface area contributed by atoms with Crippen molar-refractivity contribution >= 4 is 23.2 Å². The van der Waals surface area contributed by atoms with Gasteiger partial charge in [-0.2, -0.15) is 5.10 Å². The standard InChI is InChI=1S/C22H29N3O2/c1-21(2)16-10-11-22(21,3)18(14-16)23-24-19(26)13-15-6-8-17(9-7-15)25-12-4-5-20(25)27/h6-9,16H,4-5,10-14H2,1-3H3,(H,24,26)/b23-18+/t16-,22-/m0/s1. The van der Waals surface area contributed by atoms with Crippen LogP contribution in [0.25, 0.3) is 0 Å². The summed E-state index contributed by atoms with van der Waals surface area (Å²) < 4.78 is 0. The molecular formula is C22H29N3O2. The number of hydrogen-bond donors (Lipinski definition) is 1. The first kappa shape index (κ1) is 18.2. The van der Waals surface area contributed by atoms with Crippen LogP contribution in [0.1, 0.15) is 58.4 Å². The zero-order chi connectivity index (χ0) is 19.2. The van der Waals surface area contributed by atoms with E-state index in [4.69, 9.17) is 0 Å². The highest BCUT2D eigenvalue weighted by atomic mass is 16.2. The number of anilines is 1. The fourth-order valence-corrected chi connectivity index (χ4v) is 5.17. The average molecular weight is 367 g/mol. The van der Waals surface area contributed by atoms with Crippen LogP contribution in [0.2, 0.25) is 0 Å². The van der Waals surface area contributed by atoms with Crippen molar-refractivity contribution < 1.29 is 9.59 Å². The molecule has 1 aliphatic heterocycles. The number of amides is 2. The minimum absolute atomic E-state index is 0.0864. The van der Waals surface area contributed by atoms with Gasteiger partial charge in [0.15, 0.2) is 0 Å². The van der Waals surface area contributed by atoms with Crippen LogP contribution in [0.4, 0.5) is 5.69 Å². The number of carbonyl (C=O) groups is 2. The third-order valence-electron chi connectivity index (χ3n) is 7.51. The van der Waals surface area contributed by atoms with Crippen LogP contribution in [-0.2, 0) is 16.0 Å². The minimum atomic E-state index is -0.0864. The van der Waals surface area contributed by atoms with E-state index in [2.05, 4.69) is 31.3 Å². The van der Waals surface area contributed by atoms with E-state index in [1.807, 2.05) is 29.2 Å². The minimum Gasteiger partial charge on any atom is -0.312 e. The van der Waals surface area contributed by atoms with Gasteiger partial charge in [-0.05, 0) is 54.7 Å². The summed E-state index contributed by atoms with van der Waals surface area (Å²) in [4.78, 5) is 26.0. The van der Waals surface area contributed by atoms with Crippen molar-refractivity contribution in [2.75, 3.05) is 11.4 Å². The first-order valence-corrected chi connectivity index (χ1v) is 10.1. The van der Waals surface area contributed by atoms with Gasteiger partial charge < -0.3 is 4.90 Å². The average Bonchev–Trinajstić information content (AvgIpc) is 3.21. The molecule has 1 aromatic carbocycles. The monoisotopic (exact) mass is 367 g/mol. The normalized spacial score (nSPS) is 30.3. The zero-order valence-corrected chi connectivity index (χ0v) is 16.5. The van der Waals surface area contributed by atoms with Gasteiger partial charge in [0.05, 0.1) is 6.42 Å². The molecule has 4 rings (SSSR count). The third kappa shape index (κ3) is 2.97. The van der Waals surface area contributed by atoms with Gasteiger partial charge in [0.1, 0.15) is 0 Å². The van der Waals surface area contributed by atoms with Gasteiger partial charge in [0.2, 0.25) is 11.8 Å². The first-order chi connectivity index (χ1) is 12.8. The molecule has 0 unspecified atom stereocenters. The molecule has 1 aromatic rings. The molecule has 3 fully saturated rings. The van der Waals surface area contributed by atoms with Gasteiger partial charge in [-0.25, -0.2) is 5.43 Å². The Morgan fingerprint density at radius 2 is 2.00 bits per heavy atom. The molecule has 0 radical (unpaired) electrons. The summed E-state index contributed by atoms with van der Waals surface area (Å²) >= 11 is 0. The fraction of sp³-hybridized carbons (Fsp3) is 0.591. The van der Waals surface area contributed by atoms with E-state index in [0.717, 1.165) is 42.8 Å². The lowest BCUT2D eigenvalue weighted by atomic mass is 9.70. The maximum Gasteiger partial charge on any atom is 0.244 e. The van der Waals surface area contributed by atoms with E-state index in [9.17, 15) is 9.59 Å². The summed E-state index contributed by atoms with van der Waals surface area (Å²) in [6, 6.07) is 7.71. The molecule has 2 saturated carbocycles. The van der Waals surface area contributed by atoms with Gasteiger partial charge in [-0.1, -0.05) is 32.9 Å². The third-order valence-corrected chi connectivity index (χ3v) is 7.51. The highest BCUT2D eigenvalue weighted by molar-refractivity contribution is 5.96. The number of nitrogens with one attached hydrogen (secondary N) is 1. The maximum atomic E-state index is 12.4. The molecule has 1 saturated heterocycles. The van der Waals surface area contributed by atoms with Crippen LogP contribution >= 0.6 is 0 Å². The van der Waals surface area contributed by atoms with E-state index in [0.29, 0.717) is 18.8 Å². The second-order valence-corrected chi connectivity index (χ2v) is 9.08. The highest BCUT2D eigenvalue weighted by Gasteiger charge is 2.60. The van der Waals surface area contributed by atoms with Crippen molar-refractivity contribution in [1.82, 2.24) is 5.43 Å². The zero-order valence-electron chi connectivity index (χ0n) is 16.5. The largest absolute Gasteiger partial charge is 0.312 e. The summed E-state index contributed by atoms with van der Waals surface area (Å²) in [7, 11) is 0. The van der Waals surface area contributed by atoms with E-state index >= 15 is 0 Å². The van der Waals surface area contributed by atoms with E-state index in [-0.39, 0.29) is 22.6 Å². The lowest BCUT2D eigenvalue weighted by Crippen LogP contribution is -2.34. The van der Waals surface area contributed by atoms with Gasteiger partial charge in [0.25, 0.3) is 0 Å². The quantitative estimate of drug-likeness (QED) is 0.825. The molecule has 5 nitrogen and oxygen atoms in total. The van der Waals surface area contributed by atoms with E-state index < -0.39 is 0 Å². The number of hydrogen-bond acceptors (Lipinski definition) is 3. The van der Waals surface area contributed by atoms with Gasteiger partial charge in [-0.3, -0.25) is 9.59 Å². The SMILES string of the molecule is CC1(C)[C@H]2CC[C@@]1(C)/C(=N/NC(=O)Cc1ccc(N3CCCC3=O)cc1)C2. The number of rotatable bonds is 4. The summed E-state index contributed by atoms with van der Waals surface area (Å²) in [6.07, 6.45) is 5.27. The smallest absolute Gasteiger partial charge is 0.244 e. The predicted octanol–water partition coefficient (Wildman–Crippen LogP) is 3.67. The molecular weight excluding hydrogens is 338 g/mol. The van der Waals surface area contributed by atoms with Crippen molar-refractivity contribution in [1.29, 1.82) is 0 Å². The van der Waals surface area contributed by atoms with Crippen LogP contribution in [0.3, 0.4) is 0 Å². The number of benzene rings is 1. The van der Waals surface area contributed by atoms with Crippen LogP contribution in [-0.4, -0.2) is 24.1 Å². The Bertz CT molecular complexity index is 796. The number of hydrazone groups is 1. The van der Waals surface area contributed by atoms with E-state index in [1.54, 1.807) is 0 Å². The Morgan fingerprint density at radius 3 is 2.56 bits per heavy atom. The molecule has 27 heavy (non-hydrogen) atoms. The van der Waals surface area contributed by atoms with Crippen LogP contribution in [0, 0.1) is 16.7 Å². The van der Waals surface area contributed by atoms with Crippen molar-refractivity contribution in [2.24, 2.45) is 21.8 Å². The van der Waals surface area contributed by atoms with Crippen LogP contribution < -0.4 is 10.3 Å². The number of carbonyl (C=O) groups excluding carboxylic acids is 2. The van der Waals surface area contributed by atoms with Crippen molar-refractivity contribution in [3.8, 4) is 0 Å². The van der Waals surface area contributed by atoms with Crippen molar-refractivity contribution in [3.63, 3.8) is 0 Å². The Balaban J connectivity index is 1.37. The fourth-order valence-electron chi connectivity index (χ4n) is 5.17. The molecule has 1 heterocycles. The van der Waals surface area contributed by atoms with Gasteiger partial charge in [0, 0.05) is 29.8 Å². The van der Waals surface area contributed by atoms with Gasteiger partial charge >= 0.3 is 0 Å². The van der Waals surface area contributed by atoms with Gasteiger partial charge in [-0.15, -0.1) is 0 Å². The molecule has 2 atom stereocenters. The summed E-state index contributed by atoms with van der Waals surface area (Å²) in [5, 5.41) is 4.52. The first-order valence-electron chi connectivity index (χ1n) is 10.1. The second kappa shape index (κ2) is 6.47. The molecule has 2 amide bonds. The molecule has 3 aliphatic rings. The number of nitrogens with zero attached hydrogens (tertiary/aromatic N) is 2. The predicted molar refractivity (Wildman–Crippen MR) is 107 cm³/mol. The molecule has 0 aromatic heterocycles. The number of fused-ring (bicyclic) bond motifs is 2. The lowest BCUT2D eigenvalue weighted by molar-refractivity contribution is -0.120. The van der Waals surface area contributed by atoms with E-state index in [1.165, 1.54) is 6.42 Å². The Morgan fingerprint density at radius 1 is 1.26 bits per heavy atom. The molecule has 2 aliphatic carbocycles. The Labute approximate surface area is 161 Å². The lowest BCUT2D eigenvalue weighted by Gasteiger charge is -2.34.